The Labute approximate surface area is 66.4 Å². The minimum Gasteiger partial charge on any atom is -0.301 e. The maximum Gasteiger partial charge on any atom is 0.141 e. The third kappa shape index (κ3) is 3.46. The number of rotatable bonds is 3. The lowest BCUT2D eigenvalue weighted by Crippen LogP contribution is -2.00. The molecule has 0 aromatic carbocycles. The van der Waals surface area contributed by atoms with Gasteiger partial charge in [-0.1, -0.05) is 18.2 Å². The fourth-order valence-electron chi connectivity index (χ4n) is 0.447. The minimum atomic E-state index is -0.476. The Bertz CT molecular complexity index is 159. The SMILES string of the molecule is C/C=C\C=C(/C)C(Cl)C=O. The molecule has 0 aliphatic heterocycles. The van der Waals surface area contributed by atoms with E-state index in [-0.39, 0.29) is 0 Å². The summed E-state index contributed by atoms with van der Waals surface area (Å²) in [6.45, 7) is 3.74. The van der Waals surface area contributed by atoms with Crippen molar-refractivity contribution in [3.63, 3.8) is 0 Å². The first-order chi connectivity index (χ1) is 4.72. The highest BCUT2D eigenvalue weighted by molar-refractivity contribution is 6.29. The van der Waals surface area contributed by atoms with Crippen LogP contribution in [0.15, 0.2) is 23.8 Å². The molecule has 56 valence electrons. The summed E-state index contributed by atoms with van der Waals surface area (Å²) in [5, 5.41) is -0.476. The zero-order valence-corrected chi connectivity index (χ0v) is 6.93. The molecule has 0 rings (SSSR count). The van der Waals surface area contributed by atoms with Gasteiger partial charge in [0.05, 0.1) is 0 Å². The average Bonchev–Trinajstić information content (AvgIpc) is 1.98. The standard InChI is InChI=1S/C8H11ClO/c1-3-4-5-7(2)8(9)6-10/h3-6,8H,1-2H3/b4-3-,7-5+. The number of allylic oxidation sites excluding steroid dienone is 4. The van der Waals surface area contributed by atoms with Crippen LogP contribution in [0.3, 0.4) is 0 Å². The molecule has 1 unspecified atom stereocenters. The molecule has 0 aromatic heterocycles. The second-order valence-corrected chi connectivity index (χ2v) is 2.44. The van der Waals surface area contributed by atoms with Gasteiger partial charge in [0.1, 0.15) is 11.7 Å². The molecule has 1 nitrogen and oxygen atoms in total. The number of carbonyl (C=O) groups excluding carboxylic acids is 1. The van der Waals surface area contributed by atoms with Crippen LogP contribution in [0.1, 0.15) is 13.8 Å². The summed E-state index contributed by atoms with van der Waals surface area (Å²) < 4.78 is 0. The van der Waals surface area contributed by atoms with Gasteiger partial charge in [-0.15, -0.1) is 11.6 Å². The highest BCUT2D eigenvalue weighted by Crippen LogP contribution is 2.05. The molecule has 0 fully saturated rings. The van der Waals surface area contributed by atoms with Crippen molar-refractivity contribution in [2.75, 3.05) is 0 Å². The Balaban J connectivity index is 4.03. The van der Waals surface area contributed by atoms with Gasteiger partial charge in [-0.3, -0.25) is 0 Å². The molecular weight excluding hydrogens is 148 g/mol. The van der Waals surface area contributed by atoms with E-state index in [1.165, 1.54) is 0 Å². The van der Waals surface area contributed by atoms with Crippen molar-refractivity contribution in [2.24, 2.45) is 0 Å². The zero-order chi connectivity index (χ0) is 7.98. The second-order valence-electron chi connectivity index (χ2n) is 1.97. The lowest BCUT2D eigenvalue weighted by atomic mass is 10.2. The molecule has 0 amide bonds. The number of halogens is 1. The molecule has 0 heterocycles. The summed E-state index contributed by atoms with van der Waals surface area (Å²) in [5.41, 5.74) is 0.870. The smallest absolute Gasteiger partial charge is 0.141 e. The van der Waals surface area contributed by atoms with Crippen LogP contribution in [0.5, 0.6) is 0 Å². The quantitative estimate of drug-likeness (QED) is 0.350. The molecule has 0 N–H and O–H groups in total. The zero-order valence-electron chi connectivity index (χ0n) is 6.17. The fourth-order valence-corrected chi connectivity index (χ4v) is 0.520. The predicted molar refractivity (Wildman–Crippen MR) is 44.3 cm³/mol. The molecule has 0 aliphatic carbocycles. The second kappa shape index (κ2) is 5.24. The Morgan fingerprint density at radius 1 is 1.60 bits per heavy atom. The van der Waals surface area contributed by atoms with Crippen LogP contribution >= 0.6 is 11.6 Å². The summed E-state index contributed by atoms with van der Waals surface area (Å²) in [4.78, 5) is 10.1. The molecule has 0 spiro atoms. The number of carbonyl (C=O) groups is 1. The van der Waals surface area contributed by atoms with Crippen LogP contribution in [0.25, 0.3) is 0 Å². The molecule has 1 atom stereocenters. The molecule has 0 saturated carbocycles. The number of hydrogen-bond acceptors (Lipinski definition) is 1. The van der Waals surface area contributed by atoms with Crippen LogP contribution in [0.4, 0.5) is 0 Å². The molecule has 0 bridgehead atoms. The number of aldehydes is 1. The molecule has 0 aliphatic rings. The minimum absolute atomic E-state index is 0.476. The van der Waals surface area contributed by atoms with E-state index in [1.54, 1.807) is 0 Å². The lowest BCUT2D eigenvalue weighted by Gasteiger charge is -1.97. The van der Waals surface area contributed by atoms with E-state index in [2.05, 4.69) is 0 Å². The number of hydrogen-bond donors (Lipinski definition) is 0. The van der Waals surface area contributed by atoms with Crippen molar-refractivity contribution < 1.29 is 4.79 Å². The Hall–Kier alpha value is -0.560. The van der Waals surface area contributed by atoms with E-state index in [0.29, 0.717) is 0 Å². The van der Waals surface area contributed by atoms with E-state index >= 15 is 0 Å². The van der Waals surface area contributed by atoms with E-state index in [1.807, 2.05) is 32.1 Å². The van der Waals surface area contributed by atoms with E-state index < -0.39 is 5.38 Å². The van der Waals surface area contributed by atoms with E-state index in [4.69, 9.17) is 11.6 Å². The van der Waals surface area contributed by atoms with Gasteiger partial charge in [-0.05, 0) is 19.4 Å². The first-order valence-electron chi connectivity index (χ1n) is 3.11. The third-order valence-electron chi connectivity index (χ3n) is 1.11. The van der Waals surface area contributed by atoms with E-state index in [0.717, 1.165) is 11.9 Å². The summed E-state index contributed by atoms with van der Waals surface area (Å²) >= 11 is 5.58. The Morgan fingerprint density at radius 3 is 2.60 bits per heavy atom. The summed E-state index contributed by atoms with van der Waals surface area (Å²) in [6, 6.07) is 0. The van der Waals surface area contributed by atoms with Gasteiger partial charge in [-0.25, -0.2) is 0 Å². The molecule has 0 aromatic rings. The van der Waals surface area contributed by atoms with Crippen molar-refractivity contribution in [1.29, 1.82) is 0 Å². The van der Waals surface area contributed by atoms with Gasteiger partial charge in [0.2, 0.25) is 0 Å². The molecule has 0 saturated heterocycles. The van der Waals surface area contributed by atoms with E-state index in [9.17, 15) is 4.79 Å². The molecule has 0 radical (unpaired) electrons. The van der Waals surface area contributed by atoms with Crippen LogP contribution in [0.2, 0.25) is 0 Å². The highest BCUT2D eigenvalue weighted by Gasteiger charge is 2.01. The molecule has 10 heavy (non-hydrogen) atoms. The predicted octanol–water partition coefficient (Wildman–Crippen LogP) is 2.32. The van der Waals surface area contributed by atoms with Crippen LogP contribution in [0, 0.1) is 0 Å². The summed E-state index contributed by atoms with van der Waals surface area (Å²) in [5.74, 6) is 0. The molecular formula is C8H11ClO. The maximum atomic E-state index is 10.1. The normalized spacial score (nSPS) is 15.7. The van der Waals surface area contributed by atoms with Crippen molar-refractivity contribution in [3.8, 4) is 0 Å². The largest absolute Gasteiger partial charge is 0.301 e. The Morgan fingerprint density at radius 2 is 2.20 bits per heavy atom. The Kier molecular flexibility index (Phi) is 4.95. The lowest BCUT2D eigenvalue weighted by molar-refractivity contribution is -0.107. The monoisotopic (exact) mass is 158 g/mol. The first-order valence-corrected chi connectivity index (χ1v) is 3.55. The van der Waals surface area contributed by atoms with Crippen molar-refractivity contribution >= 4 is 17.9 Å². The highest BCUT2D eigenvalue weighted by atomic mass is 35.5. The van der Waals surface area contributed by atoms with Gasteiger partial charge < -0.3 is 4.79 Å². The van der Waals surface area contributed by atoms with Gasteiger partial charge in [0, 0.05) is 0 Å². The first kappa shape index (κ1) is 9.44. The van der Waals surface area contributed by atoms with Crippen molar-refractivity contribution in [3.05, 3.63) is 23.8 Å². The van der Waals surface area contributed by atoms with Crippen molar-refractivity contribution in [1.82, 2.24) is 0 Å². The number of alkyl halides is 1. The average molecular weight is 159 g/mol. The van der Waals surface area contributed by atoms with Crippen molar-refractivity contribution in [2.45, 2.75) is 19.2 Å². The molecule has 2 heteroatoms. The van der Waals surface area contributed by atoms with Gasteiger partial charge >= 0.3 is 0 Å². The van der Waals surface area contributed by atoms with Crippen LogP contribution < -0.4 is 0 Å². The van der Waals surface area contributed by atoms with Crippen LogP contribution in [-0.4, -0.2) is 11.7 Å². The summed E-state index contributed by atoms with van der Waals surface area (Å²) in [6.07, 6.45) is 6.29. The third-order valence-corrected chi connectivity index (χ3v) is 1.55. The van der Waals surface area contributed by atoms with Gasteiger partial charge in [0.25, 0.3) is 0 Å². The topological polar surface area (TPSA) is 17.1 Å². The van der Waals surface area contributed by atoms with Gasteiger partial charge in [0.15, 0.2) is 0 Å². The fraction of sp³-hybridized carbons (Fsp3) is 0.375. The van der Waals surface area contributed by atoms with Gasteiger partial charge in [-0.2, -0.15) is 0 Å². The maximum absolute atomic E-state index is 10.1. The van der Waals surface area contributed by atoms with Crippen LogP contribution in [-0.2, 0) is 4.79 Å². The summed E-state index contributed by atoms with van der Waals surface area (Å²) in [7, 11) is 0.